The van der Waals surface area contributed by atoms with Crippen LogP contribution in [0.4, 0.5) is 0 Å². The van der Waals surface area contributed by atoms with E-state index in [-0.39, 0.29) is 12.0 Å². The molecule has 1 atom stereocenters. The van der Waals surface area contributed by atoms with Crippen molar-refractivity contribution >= 4 is 5.97 Å². The average Bonchev–Trinajstić information content (AvgIpc) is 2.36. The number of benzene rings is 1. The van der Waals surface area contributed by atoms with Crippen LogP contribution in [0.2, 0.25) is 0 Å². The largest absolute Gasteiger partial charge is 0.459 e. The van der Waals surface area contributed by atoms with Crippen molar-refractivity contribution in [3.8, 4) is 6.07 Å². The third kappa shape index (κ3) is 5.02. The second kappa shape index (κ2) is 6.53. The molecule has 1 aromatic carbocycles. The summed E-state index contributed by atoms with van der Waals surface area (Å²) in [6.07, 6.45) is 0. The zero-order valence-electron chi connectivity index (χ0n) is 12.8. The molecule has 1 unspecified atom stereocenters. The van der Waals surface area contributed by atoms with Crippen molar-refractivity contribution in [2.24, 2.45) is 0 Å². The topological polar surface area (TPSA) is 53.3 Å². The highest BCUT2D eigenvalue weighted by Crippen LogP contribution is 2.13. The minimum atomic E-state index is -0.479. The van der Waals surface area contributed by atoms with Crippen LogP contribution < -0.4 is 0 Å². The van der Waals surface area contributed by atoms with Crippen LogP contribution in [0.5, 0.6) is 0 Å². The van der Waals surface area contributed by atoms with E-state index in [0.29, 0.717) is 12.1 Å². The summed E-state index contributed by atoms with van der Waals surface area (Å²) in [6, 6.07) is 9.17. The Morgan fingerprint density at radius 1 is 1.45 bits per heavy atom. The monoisotopic (exact) mass is 274 g/mol. The number of ether oxygens (including phenoxy) is 1. The molecule has 1 rings (SSSR count). The lowest BCUT2D eigenvalue weighted by atomic mass is 10.1. The zero-order valence-corrected chi connectivity index (χ0v) is 12.8. The van der Waals surface area contributed by atoms with E-state index in [0.717, 1.165) is 5.56 Å². The van der Waals surface area contributed by atoms with Gasteiger partial charge in [0, 0.05) is 6.54 Å². The Morgan fingerprint density at radius 3 is 2.65 bits per heavy atom. The molecule has 0 fully saturated rings. The van der Waals surface area contributed by atoms with Crippen molar-refractivity contribution in [2.45, 2.75) is 45.9 Å². The van der Waals surface area contributed by atoms with Gasteiger partial charge in [0.05, 0.1) is 11.6 Å². The fourth-order valence-electron chi connectivity index (χ4n) is 1.73. The summed E-state index contributed by atoms with van der Waals surface area (Å²) in [4.78, 5) is 13.9. The normalized spacial score (nSPS) is 12.8. The highest BCUT2D eigenvalue weighted by Gasteiger charge is 2.24. The standard InChI is InChI=1S/C16H22N2O2/c1-12(15(19)20-16(2,3)4)18(5)11-14-8-6-7-13(9-14)10-17/h6-9,12H,11H2,1-5H3. The summed E-state index contributed by atoms with van der Waals surface area (Å²) < 4.78 is 5.37. The minimum absolute atomic E-state index is 0.239. The van der Waals surface area contributed by atoms with E-state index in [1.54, 1.807) is 6.07 Å². The third-order valence-electron chi connectivity index (χ3n) is 2.90. The molecule has 0 saturated heterocycles. The van der Waals surface area contributed by atoms with Crippen LogP contribution in [0.1, 0.15) is 38.8 Å². The van der Waals surface area contributed by atoms with Gasteiger partial charge in [-0.15, -0.1) is 0 Å². The molecule has 0 aromatic heterocycles. The molecule has 0 saturated carbocycles. The lowest BCUT2D eigenvalue weighted by molar-refractivity contribution is -0.160. The Kier molecular flexibility index (Phi) is 5.29. The average molecular weight is 274 g/mol. The van der Waals surface area contributed by atoms with E-state index >= 15 is 0 Å². The highest BCUT2D eigenvalue weighted by atomic mass is 16.6. The molecule has 1 aromatic rings. The first-order chi connectivity index (χ1) is 9.23. The van der Waals surface area contributed by atoms with Gasteiger partial charge in [-0.05, 0) is 52.4 Å². The highest BCUT2D eigenvalue weighted by molar-refractivity contribution is 5.75. The summed E-state index contributed by atoms with van der Waals surface area (Å²) in [5, 5.41) is 8.88. The van der Waals surface area contributed by atoms with Crippen LogP contribution in [-0.4, -0.2) is 29.6 Å². The van der Waals surface area contributed by atoms with E-state index in [4.69, 9.17) is 10.00 Å². The van der Waals surface area contributed by atoms with Crippen LogP contribution in [0.3, 0.4) is 0 Å². The third-order valence-corrected chi connectivity index (χ3v) is 2.90. The maximum absolute atomic E-state index is 12.0. The number of likely N-dealkylation sites (N-methyl/N-ethyl adjacent to an activating group) is 1. The van der Waals surface area contributed by atoms with Gasteiger partial charge in [-0.1, -0.05) is 12.1 Å². The Morgan fingerprint density at radius 2 is 2.10 bits per heavy atom. The molecule has 4 heteroatoms. The van der Waals surface area contributed by atoms with Crippen LogP contribution >= 0.6 is 0 Å². The van der Waals surface area contributed by atoms with Gasteiger partial charge in [0.2, 0.25) is 0 Å². The molecule has 0 amide bonds. The molecule has 0 N–H and O–H groups in total. The predicted octanol–water partition coefficient (Wildman–Crippen LogP) is 2.72. The van der Waals surface area contributed by atoms with Gasteiger partial charge >= 0.3 is 5.97 Å². The number of nitriles is 1. The number of carbonyl (C=O) groups excluding carboxylic acids is 1. The molecule has 20 heavy (non-hydrogen) atoms. The Balaban J connectivity index is 2.68. The van der Waals surface area contributed by atoms with Gasteiger partial charge in [0.25, 0.3) is 0 Å². The molecular formula is C16H22N2O2. The van der Waals surface area contributed by atoms with E-state index in [9.17, 15) is 4.79 Å². The molecule has 0 aliphatic rings. The summed E-state index contributed by atoms with van der Waals surface area (Å²) in [5.74, 6) is -0.239. The lowest BCUT2D eigenvalue weighted by Gasteiger charge is -2.27. The van der Waals surface area contributed by atoms with Crippen molar-refractivity contribution in [3.63, 3.8) is 0 Å². The van der Waals surface area contributed by atoms with Gasteiger partial charge in [0.1, 0.15) is 11.6 Å². The fraction of sp³-hybridized carbons (Fsp3) is 0.500. The summed E-state index contributed by atoms with van der Waals surface area (Å²) in [7, 11) is 1.87. The van der Waals surface area contributed by atoms with E-state index in [1.807, 2.05) is 57.8 Å². The fourth-order valence-corrected chi connectivity index (χ4v) is 1.73. The number of carbonyl (C=O) groups is 1. The maximum atomic E-state index is 12.0. The second-order valence-corrected chi connectivity index (χ2v) is 5.94. The smallest absolute Gasteiger partial charge is 0.323 e. The molecule has 0 heterocycles. The van der Waals surface area contributed by atoms with Gasteiger partial charge in [-0.2, -0.15) is 5.26 Å². The number of hydrogen-bond acceptors (Lipinski definition) is 4. The Bertz CT molecular complexity index is 512. The Labute approximate surface area is 121 Å². The summed E-state index contributed by atoms with van der Waals surface area (Å²) in [6.45, 7) is 7.98. The van der Waals surface area contributed by atoms with Crippen molar-refractivity contribution in [3.05, 3.63) is 35.4 Å². The van der Waals surface area contributed by atoms with Crippen LogP contribution in [0, 0.1) is 11.3 Å². The van der Waals surface area contributed by atoms with Crippen LogP contribution in [-0.2, 0) is 16.1 Å². The number of rotatable bonds is 4. The summed E-state index contributed by atoms with van der Waals surface area (Å²) in [5.41, 5.74) is 1.15. The SMILES string of the molecule is CC(C(=O)OC(C)(C)C)N(C)Cc1cccc(C#N)c1. The quantitative estimate of drug-likeness (QED) is 0.792. The first-order valence-corrected chi connectivity index (χ1v) is 6.65. The molecular weight excluding hydrogens is 252 g/mol. The minimum Gasteiger partial charge on any atom is -0.459 e. The maximum Gasteiger partial charge on any atom is 0.323 e. The first-order valence-electron chi connectivity index (χ1n) is 6.65. The van der Waals surface area contributed by atoms with Crippen molar-refractivity contribution < 1.29 is 9.53 Å². The molecule has 0 radical (unpaired) electrons. The van der Waals surface area contributed by atoms with Gasteiger partial charge in [0.15, 0.2) is 0 Å². The Hall–Kier alpha value is -1.86. The van der Waals surface area contributed by atoms with Gasteiger partial charge in [-0.3, -0.25) is 9.69 Å². The molecule has 0 spiro atoms. The molecule has 0 bridgehead atoms. The summed E-state index contributed by atoms with van der Waals surface area (Å²) >= 11 is 0. The molecule has 4 nitrogen and oxygen atoms in total. The molecule has 108 valence electrons. The van der Waals surface area contributed by atoms with Gasteiger partial charge < -0.3 is 4.74 Å². The number of nitrogens with zero attached hydrogens (tertiary/aromatic N) is 2. The number of esters is 1. The molecule has 0 aliphatic heterocycles. The first kappa shape index (κ1) is 16.2. The second-order valence-electron chi connectivity index (χ2n) is 5.94. The van der Waals surface area contributed by atoms with Crippen LogP contribution in [0.25, 0.3) is 0 Å². The number of hydrogen-bond donors (Lipinski definition) is 0. The lowest BCUT2D eigenvalue weighted by Crippen LogP contribution is -2.40. The van der Waals surface area contributed by atoms with Crippen molar-refractivity contribution in [2.75, 3.05) is 7.05 Å². The predicted molar refractivity (Wildman–Crippen MR) is 77.9 cm³/mol. The van der Waals surface area contributed by atoms with Crippen molar-refractivity contribution in [1.82, 2.24) is 4.90 Å². The van der Waals surface area contributed by atoms with Crippen LogP contribution in [0.15, 0.2) is 24.3 Å². The molecule has 0 aliphatic carbocycles. The van der Waals surface area contributed by atoms with E-state index in [2.05, 4.69) is 6.07 Å². The van der Waals surface area contributed by atoms with Crippen molar-refractivity contribution in [1.29, 1.82) is 5.26 Å². The van der Waals surface area contributed by atoms with E-state index in [1.165, 1.54) is 0 Å². The van der Waals surface area contributed by atoms with Gasteiger partial charge in [-0.25, -0.2) is 0 Å². The zero-order chi connectivity index (χ0) is 15.3. The van der Waals surface area contributed by atoms with E-state index < -0.39 is 5.60 Å².